The van der Waals surface area contributed by atoms with E-state index in [2.05, 4.69) is 27.6 Å². The standard InChI is InChI=1S/C13H23N5O/c1-5-11-6-10(7-12(16-11)17-14)13(19)15-8-9(2)18(3)4/h6-7,9H,5,8,14H2,1-4H3,(H,15,19)(H,16,17). The first-order valence-corrected chi connectivity index (χ1v) is 6.40. The molecule has 0 bridgehead atoms. The van der Waals surface area contributed by atoms with Crippen LogP contribution in [0.3, 0.4) is 0 Å². The minimum absolute atomic E-state index is 0.109. The summed E-state index contributed by atoms with van der Waals surface area (Å²) in [5, 5.41) is 2.91. The van der Waals surface area contributed by atoms with E-state index in [4.69, 9.17) is 5.84 Å². The quantitative estimate of drug-likeness (QED) is 0.518. The molecule has 0 aliphatic carbocycles. The highest BCUT2D eigenvalue weighted by molar-refractivity contribution is 5.95. The van der Waals surface area contributed by atoms with Gasteiger partial charge in [0, 0.05) is 23.8 Å². The fraction of sp³-hybridized carbons (Fsp3) is 0.538. The summed E-state index contributed by atoms with van der Waals surface area (Å²) in [6.45, 7) is 4.64. The van der Waals surface area contributed by atoms with Gasteiger partial charge >= 0.3 is 0 Å². The number of hydrazine groups is 1. The molecule has 1 unspecified atom stereocenters. The number of amides is 1. The highest BCUT2D eigenvalue weighted by atomic mass is 16.1. The van der Waals surface area contributed by atoms with Crippen LogP contribution in [0.1, 0.15) is 29.9 Å². The van der Waals surface area contributed by atoms with Crippen LogP contribution in [0.15, 0.2) is 12.1 Å². The summed E-state index contributed by atoms with van der Waals surface area (Å²) in [4.78, 5) is 18.4. The number of aromatic nitrogens is 1. The predicted octanol–water partition coefficient (Wildman–Crippen LogP) is 0.610. The number of carbonyl (C=O) groups excluding carboxylic acids is 1. The summed E-state index contributed by atoms with van der Waals surface area (Å²) in [6, 6.07) is 3.72. The van der Waals surface area contributed by atoms with Crippen molar-refractivity contribution in [3.8, 4) is 0 Å². The van der Waals surface area contributed by atoms with Crippen molar-refractivity contribution in [3.63, 3.8) is 0 Å². The lowest BCUT2D eigenvalue weighted by molar-refractivity contribution is 0.0943. The molecule has 0 saturated heterocycles. The van der Waals surface area contributed by atoms with E-state index < -0.39 is 0 Å². The number of rotatable bonds is 6. The van der Waals surface area contributed by atoms with Crippen LogP contribution in [-0.4, -0.2) is 42.5 Å². The topological polar surface area (TPSA) is 83.3 Å². The number of pyridine rings is 1. The van der Waals surface area contributed by atoms with Gasteiger partial charge in [-0.05, 0) is 39.6 Å². The largest absolute Gasteiger partial charge is 0.350 e. The molecule has 1 amide bonds. The van der Waals surface area contributed by atoms with Gasteiger partial charge in [-0.3, -0.25) is 4.79 Å². The van der Waals surface area contributed by atoms with Gasteiger partial charge in [0.1, 0.15) is 5.82 Å². The Balaban J connectivity index is 2.76. The first-order valence-electron chi connectivity index (χ1n) is 6.40. The molecule has 1 aromatic heterocycles. The second-order valence-electron chi connectivity index (χ2n) is 4.75. The predicted molar refractivity (Wildman–Crippen MR) is 76.9 cm³/mol. The summed E-state index contributed by atoms with van der Waals surface area (Å²) in [5.74, 6) is 5.75. The van der Waals surface area contributed by atoms with Gasteiger partial charge in [-0.15, -0.1) is 0 Å². The van der Waals surface area contributed by atoms with Gasteiger partial charge in [0.2, 0.25) is 0 Å². The molecule has 106 valence electrons. The van der Waals surface area contributed by atoms with Gasteiger partial charge in [-0.25, -0.2) is 10.8 Å². The van der Waals surface area contributed by atoms with Crippen molar-refractivity contribution in [2.24, 2.45) is 5.84 Å². The summed E-state index contributed by atoms with van der Waals surface area (Å²) in [5.41, 5.74) is 3.89. The van der Waals surface area contributed by atoms with Crippen LogP contribution < -0.4 is 16.6 Å². The van der Waals surface area contributed by atoms with E-state index in [1.807, 2.05) is 21.0 Å². The summed E-state index contributed by atoms with van der Waals surface area (Å²) in [7, 11) is 3.96. The van der Waals surface area contributed by atoms with Crippen LogP contribution in [0.2, 0.25) is 0 Å². The average Bonchev–Trinajstić information content (AvgIpc) is 2.43. The maximum absolute atomic E-state index is 12.1. The van der Waals surface area contributed by atoms with Crippen molar-refractivity contribution in [3.05, 3.63) is 23.4 Å². The van der Waals surface area contributed by atoms with Crippen molar-refractivity contribution >= 4 is 11.7 Å². The number of hydrogen-bond donors (Lipinski definition) is 3. The molecule has 1 heterocycles. The number of nitrogens with one attached hydrogen (secondary N) is 2. The van der Waals surface area contributed by atoms with E-state index in [-0.39, 0.29) is 11.9 Å². The number of aryl methyl sites for hydroxylation is 1. The lowest BCUT2D eigenvalue weighted by Gasteiger charge is -2.20. The molecular weight excluding hydrogens is 242 g/mol. The van der Waals surface area contributed by atoms with E-state index in [1.165, 1.54) is 0 Å². The third kappa shape index (κ3) is 4.50. The Kier molecular flexibility index (Phi) is 5.72. The van der Waals surface area contributed by atoms with Crippen molar-refractivity contribution in [1.82, 2.24) is 15.2 Å². The summed E-state index contributed by atoms with van der Waals surface area (Å²) >= 11 is 0. The Morgan fingerprint density at radius 1 is 1.47 bits per heavy atom. The van der Waals surface area contributed by atoms with Gasteiger partial charge in [0.05, 0.1) is 0 Å². The first-order chi connectivity index (χ1) is 8.97. The molecule has 1 rings (SSSR count). The van der Waals surface area contributed by atoms with Crippen LogP contribution in [0, 0.1) is 0 Å². The number of likely N-dealkylation sites (N-methyl/N-ethyl adjacent to an activating group) is 1. The van der Waals surface area contributed by atoms with Crippen LogP contribution in [-0.2, 0) is 6.42 Å². The molecule has 1 aromatic rings. The fourth-order valence-electron chi connectivity index (χ4n) is 1.50. The van der Waals surface area contributed by atoms with Crippen LogP contribution in [0.25, 0.3) is 0 Å². The molecule has 0 aliphatic rings. The Morgan fingerprint density at radius 2 is 2.16 bits per heavy atom. The Labute approximate surface area is 114 Å². The number of nitrogen functional groups attached to an aromatic ring is 1. The van der Waals surface area contributed by atoms with E-state index in [1.54, 1.807) is 12.1 Å². The Bertz CT molecular complexity index is 411. The Morgan fingerprint density at radius 3 is 2.68 bits per heavy atom. The molecule has 4 N–H and O–H groups in total. The van der Waals surface area contributed by atoms with Crippen molar-refractivity contribution in [1.29, 1.82) is 0 Å². The van der Waals surface area contributed by atoms with E-state index in [0.717, 1.165) is 12.1 Å². The van der Waals surface area contributed by atoms with Crippen molar-refractivity contribution < 1.29 is 4.79 Å². The molecule has 1 atom stereocenters. The van der Waals surface area contributed by atoms with Gasteiger partial charge in [0.15, 0.2) is 0 Å². The molecule has 0 radical (unpaired) electrons. The van der Waals surface area contributed by atoms with Crippen molar-refractivity contribution in [2.75, 3.05) is 26.1 Å². The number of hydrogen-bond acceptors (Lipinski definition) is 5. The normalized spacial score (nSPS) is 12.3. The maximum Gasteiger partial charge on any atom is 0.251 e. The second-order valence-corrected chi connectivity index (χ2v) is 4.75. The molecule has 0 aromatic carbocycles. The van der Waals surface area contributed by atoms with Crippen LogP contribution in [0.5, 0.6) is 0 Å². The lowest BCUT2D eigenvalue weighted by Crippen LogP contribution is -2.38. The van der Waals surface area contributed by atoms with Gasteiger partial charge in [0.25, 0.3) is 5.91 Å². The Hall–Kier alpha value is -1.66. The van der Waals surface area contributed by atoms with Crippen LogP contribution in [0.4, 0.5) is 5.82 Å². The third-order valence-corrected chi connectivity index (χ3v) is 3.09. The van der Waals surface area contributed by atoms with E-state index in [9.17, 15) is 4.79 Å². The maximum atomic E-state index is 12.1. The summed E-state index contributed by atoms with van der Waals surface area (Å²) in [6.07, 6.45) is 0.754. The number of nitrogens with two attached hydrogens (primary N) is 1. The highest BCUT2D eigenvalue weighted by Gasteiger charge is 2.11. The number of anilines is 1. The SMILES string of the molecule is CCc1cc(C(=O)NCC(C)N(C)C)cc(NN)n1. The van der Waals surface area contributed by atoms with Gasteiger partial charge < -0.3 is 15.6 Å². The average molecular weight is 265 g/mol. The van der Waals surface area contributed by atoms with Crippen molar-refractivity contribution in [2.45, 2.75) is 26.3 Å². The molecule has 0 fully saturated rings. The lowest BCUT2D eigenvalue weighted by atomic mass is 10.1. The zero-order valence-corrected chi connectivity index (χ0v) is 12.0. The molecule has 0 spiro atoms. The molecule has 6 heteroatoms. The molecule has 0 saturated carbocycles. The minimum atomic E-state index is -0.109. The number of nitrogens with zero attached hydrogens (tertiary/aromatic N) is 2. The smallest absolute Gasteiger partial charge is 0.251 e. The third-order valence-electron chi connectivity index (χ3n) is 3.09. The molecule has 6 nitrogen and oxygen atoms in total. The minimum Gasteiger partial charge on any atom is -0.350 e. The molecule has 19 heavy (non-hydrogen) atoms. The van der Waals surface area contributed by atoms with Crippen LogP contribution >= 0.6 is 0 Å². The van der Waals surface area contributed by atoms with Gasteiger partial charge in [-0.1, -0.05) is 6.92 Å². The van der Waals surface area contributed by atoms with E-state index >= 15 is 0 Å². The van der Waals surface area contributed by atoms with Gasteiger partial charge in [-0.2, -0.15) is 0 Å². The summed E-state index contributed by atoms with van der Waals surface area (Å²) < 4.78 is 0. The van der Waals surface area contributed by atoms with E-state index in [0.29, 0.717) is 17.9 Å². The molecule has 0 aliphatic heterocycles. The second kappa shape index (κ2) is 7.06. The monoisotopic (exact) mass is 265 g/mol. The highest BCUT2D eigenvalue weighted by Crippen LogP contribution is 2.10. The zero-order chi connectivity index (χ0) is 14.4. The first kappa shape index (κ1) is 15.4. The number of carbonyl (C=O) groups is 1. The molecular formula is C13H23N5O. The zero-order valence-electron chi connectivity index (χ0n) is 12.0. The fourth-order valence-corrected chi connectivity index (χ4v) is 1.50.